The van der Waals surface area contributed by atoms with Crippen LogP contribution in [0.1, 0.15) is 10.9 Å². The van der Waals surface area contributed by atoms with Crippen molar-refractivity contribution in [3.8, 4) is 0 Å². The van der Waals surface area contributed by atoms with E-state index in [0.717, 1.165) is 5.39 Å². The topological polar surface area (TPSA) is 70.6 Å². The predicted molar refractivity (Wildman–Crippen MR) is 115 cm³/mol. The molecule has 3 aromatic rings. The van der Waals surface area contributed by atoms with Gasteiger partial charge in [-0.1, -0.05) is 30.3 Å². The van der Waals surface area contributed by atoms with E-state index < -0.39 is 10.0 Å². The number of hydrogen-bond donors (Lipinski definition) is 0. The fourth-order valence-corrected chi connectivity index (χ4v) is 5.98. The summed E-state index contributed by atoms with van der Waals surface area (Å²) >= 11 is 1.41. The monoisotopic (exact) mass is 445 g/mol. The molecule has 0 spiro atoms. The van der Waals surface area contributed by atoms with Gasteiger partial charge < -0.3 is 4.90 Å². The van der Waals surface area contributed by atoms with Gasteiger partial charge in [0.15, 0.2) is 0 Å². The number of rotatable bonds is 6. The standard InChI is InChI=1S/C21H20FN3O3S2/c1-24(30(27,28)18-9-3-5-15-7-4-10-23-20(15)18)11-12-25-19(26)14-29-21(25)16-6-2-8-17(22)13-16/h2-10,13,21H,11-12,14H2,1H3. The van der Waals surface area contributed by atoms with Gasteiger partial charge in [0.25, 0.3) is 0 Å². The molecule has 156 valence electrons. The van der Waals surface area contributed by atoms with Crippen LogP contribution in [0.5, 0.6) is 0 Å². The molecule has 0 bridgehead atoms. The van der Waals surface area contributed by atoms with E-state index in [0.29, 0.717) is 11.1 Å². The molecule has 9 heteroatoms. The van der Waals surface area contributed by atoms with E-state index in [-0.39, 0.29) is 40.8 Å². The van der Waals surface area contributed by atoms with Crippen molar-refractivity contribution in [2.24, 2.45) is 0 Å². The Bertz CT molecular complexity index is 1200. The van der Waals surface area contributed by atoms with Crippen molar-refractivity contribution in [1.82, 2.24) is 14.2 Å². The largest absolute Gasteiger partial charge is 0.325 e. The number of hydrogen-bond acceptors (Lipinski definition) is 5. The Kier molecular flexibility index (Phi) is 5.77. The molecular weight excluding hydrogens is 425 g/mol. The van der Waals surface area contributed by atoms with Crippen molar-refractivity contribution in [2.45, 2.75) is 10.3 Å². The Morgan fingerprint density at radius 3 is 2.77 bits per heavy atom. The van der Waals surface area contributed by atoms with E-state index in [1.807, 2.05) is 12.1 Å². The van der Waals surface area contributed by atoms with Crippen LogP contribution in [0.2, 0.25) is 0 Å². The number of amides is 1. The van der Waals surface area contributed by atoms with Crippen LogP contribution in [0.3, 0.4) is 0 Å². The van der Waals surface area contributed by atoms with Crippen LogP contribution in [0, 0.1) is 5.82 Å². The minimum absolute atomic E-state index is 0.0908. The second kappa shape index (κ2) is 8.33. The van der Waals surface area contributed by atoms with Gasteiger partial charge in [-0.15, -0.1) is 11.8 Å². The molecule has 2 heterocycles. The Morgan fingerprint density at radius 1 is 1.20 bits per heavy atom. The van der Waals surface area contributed by atoms with E-state index in [9.17, 15) is 17.6 Å². The number of nitrogens with zero attached hydrogens (tertiary/aromatic N) is 3. The van der Waals surface area contributed by atoms with E-state index in [1.165, 1.54) is 41.3 Å². The van der Waals surface area contributed by atoms with Crippen molar-refractivity contribution in [3.05, 3.63) is 72.2 Å². The minimum Gasteiger partial charge on any atom is -0.325 e. The maximum Gasteiger partial charge on any atom is 0.245 e. The molecule has 4 rings (SSSR count). The normalized spacial score (nSPS) is 17.2. The van der Waals surface area contributed by atoms with Gasteiger partial charge in [-0.05, 0) is 29.8 Å². The van der Waals surface area contributed by atoms with E-state index >= 15 is 0 Å². The summed E-state index contributed by atoms with van der Waals surface area (Å²) in [6.45, 7) is 0.324. The number of para-hydroxylation sites is 1. The average molecular weight is 446 g/mol. The molecule has 1 atom stereocenters. The van der Waals surface area contributed by atoms with Crippen LogP contribution in [-0.2, 0) is 14.8 Å². The highest BCUT2D eigenvalue weighted by Crippen LogP contribution is 2.38. The molecule has 0 aliphatic carbocycles. The summed E-state index contributed by atoms with van der Waals surface area (Å²) in [5.41, 5.74) is 1.10. The zero-order valence-electron chi connectivity index (χ0n) is 16.2. The third-order valence-electron chi connectivity index (χ3n) is 5.04. The van der Waals surface area contributed by atoms with Crippen LogP contribution in [-0.4, -0.2) is 54.4 Å². The molecule has 0 saturated carbocycles. The first kappa shape index (κ1) is 20.8. The summed E-state index contributed by atoms with van der Waals surface area (Å²) in [6, 6.07) is 14.7. The van der Waals surface area contributed by atoms with Gasteiger partial charge in [0.05, 0.1) is 11.3 Å². The minimum atomic E-state index is -3.80. The molecule has 1 aromatic heterocycles. The SMILES string of the molecule is CN(CCN1C(=O)CSC1c1cccc(F)c1)S(=O)(=O)c1cccc2cccnc12. The number of fused-ring (bicyclic) bond motifs is 1. The lowest BCUT2D eigenvalue weighted by molar-refractivity contribution is -0.128. The van der Waals surface area contributed by atoms with Gasteiger partial charge in [-0.2, -0.15) is 4.31 Å². The number of carbonyl (C=O) groups excluding carboxylic acids is 1. The number of sulfonamides is 1. The molecule has 0 N–H and O–H groups in total. The Balaban J connectivity index is 1.54. The van der Waals surface area contributed by atoms with Crippen molar-refractivity contribution >= 4 is 38.6 Å². The van der Waals surface area contributed by atoms with E-state index in [1.54, 1.807) is 35.4 Å². The second-order valence-corrected chi connectivity index (χ2v) is 10.0. The zero-order valence-corrected chi connectivity index (χ0v) is 17.9. The Labute approximate surface area is 178 Å². The molecule has 1 unspecified atom stereocenters. The molecule has 1 fully saturated rings. The van der Waals surface area contributed by atoms with Gasteiger partial charge >= 0.3 is 0 Å². The van der Waals surface area contributed by atoms with E-state index in [4.69, 9.17) is 0 Å². The van der Waals surface area contributed by atoms with Crippen LogP contribution in [0.15, 0.2) is 65.7 Å². The first-order valence-electron chi connectivity index (χ1n) is 9.34. The summed E-state index contributed by atoms with van der Waals surface area (Å²) in [4.78, 5) is 18.3. The number of pyridine rings is 1. The van der Waals surface area contributed by atoms with Crippen molar-refractivity contribution in [2.75, 3.05) is 25.9 Å². The molecule has 2 aromatic carbocycles. The number of thioether (sulfide) groups is 1. The molecule has 1 aliphatic rings. The molecule has 6 nitrogen and oxygen atoms in total. The van der Waals surface area contributed by atoms with E-state index in [2.05, 4.69) is 4.98 Å². The number of likely N-dealkylation sites (N-methyl/N-ethyl adjacent to an activating group) is 1. The van der Waals surface area contributed by atoms with Crippen molar-refractivity contribution in [3.63, 3.8) is 0 Å². The average Bonchev–Trinajstić information content (AvgIpc) is 3.11. The molecule has 1 aliphatic heterocycles. The van der Waals surface area contributed by atoms with Crippen molar-refractivity contribution in [1.29, 1.82) is 0 Å². The molecule has 30 heavy (non-hydrogen) atoms. The summed E-state index contributed by atoms with van der Waals surface area (Å²) in [5.74, 6) is -0.173. The van der Waals surface area contributed by atoms with Gasteiger partial charge in [-0.3, -0.25) is 9.78 Å². The highest BCUT2D eigenvalue weighted by atomic mass is 32.2. The third-order valence-corrected chi connectivity index (χ3v) is 8.19. The highest BCUT2D eigenvalue weighted by Gasteiger charge is 2.34. The lowest BCUT2D eigenvalue weighted by atomic mass is 10.2. The Morgan fingerprint density at radius 2 is 1.97 bits per heavy atom. The van der Waals surface area contributed by atoms with Gasteiger partial charge in [0.2, 0.25) is 15.9 Å². The smallest absolute Gasteiger partial charge is 0.245 e. The number of carbonyl (C=O) groups is 1. The molecular formula is C21H20FN3O3S2. The molecule has 1 amide bonds. The first-order chi connectivity index (χ1) is 14.4. The lowest BCUT2D eigenvalue weighted by Gasteiger charge is -2.27. The second-order valence-electron chi connectivity index (χ2n) is 6.96. The summed E-state index contributed by atoms with van der Waals surface area (Å²) in [6.07, 6.45) is 1.56. The molecule has 1 saturated heterocycles. The predicted octanol–water partition coefficient (Wildman–Crippen LogP) is 3.27. The third kappa shape index (κ3) is 3.92. The van der Waals surface area contributed by atoms with Crippen LogP contribution < -0.4 is 0 Å². The zero-order chi connectivity index (χ0) is 21.3. The van der Waals surface area contributed by atoms with Crippen LogP contribution >= 0.6 is 11.8 Å². The Hall–Kier alpha value is -2.49. The quantitative estimate of drug-likeness (QED) is 0.583. The first-order valence-corrected chi connectivity index (χ1v) is 11.8. The number of aromatic nitrogens is 1. The maximum absolute atomic E-state index is 13.6. The number of benzene rings is 2. The highest BCUT2D eigenvalue weighted by molar-refractivity contribution is 8.00. The lowest BCUT2D eigenvalue weighted by Crippen LogP contribution is -2.38. The fraction of sp³-hybridized carbons (Fsp3) is 0.238. The van der Waals surface area contributed by atoms with Crippen LogP contribution in [0.4, 0.5) is 4.39 Å². The van der Waals surface area contributed by atoms with Gasteiger partial charge in [0.1, 0.15) is 16.1 Å². The van der Waals surface area contributed by atoms with Gasteiger partial charge in [-0.25, -0.2) is 12.8 Å². The summed E-state index contributed by atoms with van der Waals surface area (Å²) in [5, 5.41) is 0.410. The fourth-order valence-electron chi connectivity index (χ4n) is 3.45. The summed E-state index contributed by atoms with van der Waals surface area (Å²) in [7, 11) is -2.31. The maximum atomic E-state index is 13.6. The summed E-state index contributed by atoms with van der Waals surface area (Å²) < 4.78 is 41.2. The van der Waals surface area contributed by atoms with Crippen molar-refractivity contribution < 1.29 is 17.6 Å². The molecule has 0 radical (unpaired) electrons. The van der Waals surface area contributed by atoms with Gasteiger partial charge in [0, 0.05) is 31.7 Å². The van der Waals surface area contributed by atoms with Crippen LogP contribution in [0.25, 0.3) is 10.9 Å². The number of halogens is 1.